The van der Waals surface area contributed by atoms with Gasteiger partial charge < -0.3 is 4.90 Å². The number of hydrogen-bond donors (Lipinski definition) is 0. The number of rotatable bonds is 4. The number of nitrogens with zero attached hydrogens (tertiary/aromatic N) is 5. The zero-order valence-electron chi connectivity index (χ0n) is 14.6. The van der Waals surface area contributed by atoms with Crippen molar-refractivity contribution in [2.75, 3.05) is 11.9 Å². The smallest absolute Gasteiger partial charge is 0.136 e. The predicted molar refractivity (Wildman–Crippen MR) is 105 cm³/mol. The van der Waals surface area contributed by atoms with E-state index in [4.69, 9.17) is 16.7 Å². The number of fused-ring (bicyclic) bond motifs is 1. The molecule has 2 heterocycles. The van der Waals surface area contributed by atoms with Gasteiger partial charge in [0.25, 0.3) is 0 Å². The van der Waals surface area contributed by atoms with Crippen LogP contribution in [0, 0.1) is 6.92 Å². The minimum Gasteiger partial charge on any atom is -0.329 e. The molecule has 26 heavy (non-hydrogen) atoms. The zero-order valence-corrected chi connectivity index (χ0v) is 15.4. The Morgan fingerprint density at radius 3 is 2.77 bits per heavy atom. The van der Waals surface area contributed by atoms with Crippen LogP contribution in [-0.4, -0.2) is 26.8 Å². The van der Waals surface area contributed by atoms with Crippen LogP contribution in [0.3, 0.4) is 0 Å². The van der Waals surface area contributed by atoms with Crippen molar-refractivity contribution in [3.8, 4) is 0 Å². The molecule has 0 unspecified atom stereocenters. The van der Waals surface area contributed by atoms with Crippen molar-refractivity contribution in [2.24, 2.45) is 0 Å². The highest BCUT2D eigenvalue weighted by molar-refractivity contribution is 6.30. The normalized spacial score (nSPS) is 11.0. The van der Waals surface area contributed by atoms with Crippen LogP contribution in [-0.2, 0) is 6.54 Å². The molecule has 4 rings (SSSR count). The predicted octanol–water partition coefficient (Wildman–Crippen LogP) is 4.60. The first-order chi connectivity index (χ1) is 12.6. The Bertz CT molecular complexity index is 1060. The lowest BCUT2D eigenvalue weighted by Gasteiger charge is -2.17. The maximum Gasteiger partial charge on any atom is 0.136 e. The fourth-order valence-electron chi connectivity index (χ4n) is 3.04. The molecule has 0 saturated heterocycles. The third kappa shape index (κ3) is 3.13. The van der Waals surface area contributed by atoms with Crippen LogP contribution >= 0.6 is 11.6 Å². The van der Waals surface area contributed by atoms with Crippen LogP contribution in [0.15, 0.2) is 61.1 Å². The van der Waals surface area contributed by atoms with Crippen LogP contribution in [0.4, 0.5) is 11.5 Å². The fourth-order valence-corrected chi connectivity index (χ4v) is 3.25. The molecule has 0 aliphatic heterocycles. The first kappa shape index (κ1) is 16.5. The van der Waals surface area contributed by atoms with E-state index in [-0.39, 0.29) is 0 Å². The maximum atomic E-state index is 6.10. The van der Waals surface area contributed by atoms with E-state index in [9.17, 15) is 0 Å². The van der Waals surface area contributed by atoms with Gasteiger partial charge in [0.05, 0.1) is 12.1 Å². The van der Waals surface area contributed by atoms with Gasteiger partial charge in [-0.15, -0.1) is 0 Å². The first-order valence-electron chi connectivity index (χ1n) is 8.33. The minimum atomic E-state index is 0.693. The van der Waals surface area contributed by atoms with E-state index in [1.165, 1.54) is 0 Å². The van der Waals surface area contributed by atoms with E-state index < -0.39 is 0 Å². The van der Waals surface area contributed by atoms with Crippen LogP contribution in [0.5, 0.6) is 0 Å². The van der Waals surface area contributed by atoms with Gasteiger partial charge >= 0.3 is 0 Å². The number of benzene rings is 2. The fraction of sp³-hybridized carbons (Fsp3) is 0.150. The van der Waals surface area contributed by atoms with Crippen LogP contribution in [0.1, 0.15) is 11.3 Å². The Morgan fingerprint density at radius 1 is 1.12 bits per heavy atom. The van der Waals surface area contributed by atoms with Crippen molar-refractivity contribution in [3.05, 3.63) is 77.3 Å². The molecule has 0 radical (unpaired) electrons. The summed E-state index contributed by atoms with van der Waals surface area (Å²) < 4.78 is 2.02. The molecule has 0 atom stereocenters. The van der Waals surface area contributed by atoms with E-state index in [0.717, 1.165) is 38.7 Å². The number of aryl methyl sites for hydroxylation is 1. The lowest BCUT2D eigenvalue weighted by Crippen LogP contribution is -2.10. The second kappa shape index (κ2) is 6.77. The molecule has 4 aromatic rings. The van der Waals surface area contributed by atoms with Gasteiger partial charge in [-0.3, -0.25) is 4.68 Å². The molecule has 0 N–H and O–H groups in total. The molecule has 130 valence electrons. The van der Waals surface area contributed by atoms with E-state index in [1.807, 2.05) is 40.9 Å². The second-order valence-corrected chi connectivity index (χ2v) is 6.64. The molecule has 0 spiro atoms. The third-order valence-corrected chi connectivity index (χ3v) is 4.74. The quantitative estimate of drug-likeness (QED) is 0.531. The summed E-state index contributed by atoms with van der Waals surface area (Å²) in [6, 6.07) is 16.0. The average Bonchev–Trinajstić information content (AvgIpc) is 2.97. The van der Waals surface area contributed by atoms with Crippen molar-refractivity contribution in [1.29, 1.82) is 0 Å². The Kier molecular flexibility index (Phi) is 4.31. The SMILES string of the molecule is Cc1c2ccc(N(C)c3ccncn3)cc2nn1Cc1cccc(Cl)c1. The van der Waals surface area contributed by atoms with Gasteiger partial charge in [-0.2, -0.15) is 5.10 Å². The molecule has 0 aliphatic rings. The molecule has 0 bridgehead atoms. The van der Waals surface area contributed by atoms with Crippen LogP contribution in [0.25, 0.3) is 10.9 Å². The summed E-state index contributed by atoms with van der Waals surface area (Å²) in [7, 11) is 1.99. The topological polar surface area (TPSA) is 46.8 Å². The van der Waals surface area contributed by atoms with Gasteiger partial charge in [0.15, 0.2) is 0 Å². The molecule has 2 aromatic carbocycles. The van der Waals surface area contributed by atoms with Crippen molar-refractivity contribution in [1.82, 2.24) is 19.7 Å². The minimum absolute atomic E-state index is 0.693. The van der Waals surface area contributed by atoms with E-state index in [0.29, 0.717) is 6.54 Å². The molecule has 6 heteroatoms. The highest BCUT2D eigenvalue weighted by Crippen LogP contribution is 2.27. The Balaban J connectivity index is 1.69. The number of anilines is 2. The summed E-state index contributed by atoms with van der Waals surface area (Å²) in [5.41, 5.74) is 4.26. The molecule has 0 amide bonds. The van der Waals surface area contributed by atoms with Crippen LogP contribution in [0.2, 0.25) is 5.02 Å². The van der Waals surface area contributed by atoms with Gasteiger partial charge in [-0.1, -0.05) is 23.7 Å². The molecule has 2 aromatic heterocycles. The summed E-state index contributed by atoms with van der Waals surface area (Å²) >= 11 is 6.10. The number of hydrogen-bond acceptors (Lipinski definition) is 4. The molecule has 5 nitrogen and oxygen atoms in total. The van der Waals surface area contributed by atoms with Crippen molar-refractivity contribution >= 4 is 34.0 Å². The van der Waals surface area contributed by atoms with Gasteiger partial charge in [0.2, 0.25) is 0 Å². The van der Waals surface area contributed by atoms with E-state index in [1.54, 1.807) is 12.5 Å². The summed E-state index contributed by atoms with van der Waals surface area (Å²) in [6.45, 7) is 2.78. The standard InChI is InChI=1S/C20H18ClN5/c1-14-18-7-6-17(25(2)20-8-9-22-13-23-20)11-19(18)24-26(14)12-15-4-3-5-16(21)10-15/h3-11,13H,12H2,1-2H3. The van der Waals surface area contributed by atoms with Crippen molar-refractivity contribution in [2.45, 2.75) is 13.5 Å². The monoisotopic (exact) mass is 363 g/mol. The third-order valence-electron chi connectivity index (χ3n) is 4.51. The lowest BCUT2D eigenvalue weighted by molar-refractivity contribution is 0.673. The summed E-state index contributed by atoms with van der Waals surface area (Å²) in [4.78, 5) is 10.3. The summed E-state index contributed by atoms with van der Waals surface area (Å²) in [5, 5.41) is 6.67. The average molecular weight is 364 g/mol. The number of aromatic nitrogens is 4. The highest BCUT2D eigenvalue weighted by atomic mass is 35.5. The van der Waals surface area contributed by atoms with E-state index >= 15 is 0 Å². The van der Waals surface area contributed by atoms with Crippen molar-refractivity contribution in [3.63, 3.8) is 0 Å². The molecular formula is C20H18ClN5. The van der Waals surface area contributed by atoms with Gasteiger partial charge in [0.1, 0.15) is 12.1 Å². The van der Waals surface area contributed by atoms with E-state index in [2.05, 4.69) is 41.2 Å². The Morgan fingerprint density at radius 2 is 2.00 bits per heavy atom. The second-order valence-electron chi connectivity index (χ2n) is 6.20. The van der Waals surface area contributed by atoms with Gasteiger partial charge in [-0.05, 0) is 48.9 Å². The van der Waals surface area contributed by atoms with Crippen molar-refractivity contribution < 1.29 is 0 Å². The lowest BCUT2D eigenvalue weighted by atomic mass is 10.2. The van der Waals surface area contributed by atoms with Gasteiger partial charge in [-0.25, -0.2) is 9.97 Å². The summed E-state index contributed by atoms with van der Waals surface area (Å²) in [5.74, 6) is 0.842. The molecular weight excluding hydrogens is 346 g/mol. The number of halogens is 1. The van der Waals surface area contributed by atoms with Gasteiger partial charge in [0, 0.05) is 35.0 Å². The van der Waals surface area contributed by atoms with Crippen LogP contribution < -0.4 is 4.90 Å². The molecule has 0 saturated carbocycles. The Labute approximate surface area is 156 Å². The maximum absolute atomic E-state index is 6.10. The largest absolute Gasteiger partial charge is 0.329 e. The molecule has 0 aliphatic carbocycles. The first-order valence-corrected chi connectivity index (χ1v) is 8.71. The highest BCUT2D eigenvalue weighted by Gasteiger charge is 2.11. The molecule has 0 fully saturated rings. The summed E-state index contributed by atoms with van der Waals surface area (Å²) in [6.07, 6.45) is 3.29. The Hall–Kier alpha value is -2.92. The zero-order chi connectivity index (χ0) is 18.1.